The molecule has 9 heteroatoms. The average Bonchev–Trinajstić information content (AvgIpc) is 3.06. The molecule has 3 aromatic carbocycles. The number of rotatable bonds is 10. The zero-order valence-corrected chi connectivity index (χ0v) is 26.1. The number of nitrogens with zero attached hydrogens (tertiary/aromatic N) is 3. The van der Waals surface area contributed by atoms with E-state index in [9.17, 15) is 14.7 Å². The molecule has 0 saturated heterocycles. The number of likely N-dealkylation sites (N-methyl/N-ethyl adjacent to an activating group) is 1. The fourth-order valence-corrected chi connectivity index (χ4v) is 5.56. The quantitative estimate of drug-likeness (QED) is 0.232. The summed E-state index contributed by atoms with van der Waals surface area (Å²) in [5.74, 6) is 1.18. The summed E-state index contributed by atoms with van der Waals surface area (Å²) in [6.45, 7) is 6.88. The van der Waals surface area contributed by atoms with Crippen LogP contribution in [-0.2, 0) is 6.54 Å². The number of pyridine rings is 1. The van der Waals surface area contributed by atoms with Gasteiger partial charge in [0.1, 0.15) is 17.6 Å². The van der Waals surface area contributed by atoms with Crippen LogP contribution in [0.4, 0.5) is 5.69 Å². The van der Waals surface area contributed by atoms with Gasteiger partial charge in [0.05, 0.1) is 23.9 Å². The van der Waals surface area contributed by atoms with Crippen LogP contribution in [0.1, 0.15) is 47.1 Å². The number of nitrogens with one attached hydrogen (secondary N) is 1. The van der Waals surface area contributed by atoms with E-state index in [1.165, 1.54) is 0 Å². The van der Waals surface area contributed by atoms with Crippen LogP contribution in [0.15, 0.2) is 97.3 Å². The molecule has 234 valence electrons. The summed E-state index contributed by atoms with van der Waals surface area (Å²) in [4.78, 5) is 34.9. The van der Waals surface area contributed by atoms with Crippen molar-refractivity contribution < 1.29 is 24.2 Å². The van der Waals surface area contributed by atoms with E-state index in [1.807, 2.05) is 56.4 Å². The van der Waals surface area contributed by atoms with Gasteiger partial charge in [-0.1, -0.05) is 43.3 Å². The average molecular weight is 609 g/mol. The number of benzene rings is 3. The van der Waals surface area contributed by atoms with Crippen molar-refractivity contribution in [1.82, 2.24) is 14.8 Å². The van der Waals surface area contributed by atoms with Crippen molar-refractivity contribution in [2.45, 2.75) is 45.5 Å². The minimum atomic E-state index is -0.397. The van der Waals surface area contributed by atoms with Crippen LogP contribution in [0.5, 0.6) is 17.2 Å². The molecule has 5 rings (SSSR count). The maximum absolute atomic E-state index is 13.8. The van der Waals surface area contributed by atoms with Crippen molar-refractivity contribution in [3.63, 3.8) is 0 Å². The van der Waals surface area contributed by atoms with E-state index in [1.54, 1.807) is 47.6 Å². The molecular weight excluding hydrogens is 568 g/mol. The second-order valence-electron chi connectivity index (χ2n) is 11.6. The molecule has 9 nitrogen and oxygen atoms in total. The van der Waals surface area contributed by atoms with Gasteiger partial charge < -0.3 is 24.8 Å². The lowest BCUT2D eigenvalue weighted by Gasteiger charge is -2.41. The minimum Gasteiger partial charge on any atom is -0.485 e. The van der Waals surface area contributed by atoms with Crippen LogP contribution in [0.3, 0.4) is 0 Å². The molecule has 2 N–H and O–H groups in total. The molecule has 1 aromatic heterocycles. The fourth-order valence-electron chi connectivity index (χ4n) is 5.56. The van der Waals surface area contributed by atoms with E-state index in [0.717, 1.165) is 17.1 Å². The van der Waals surface area contributed by atoms with Crippen molar-refractivity contribution >= 4 is 17.5 Å². The topological polar surface area (TPSA) is 104 Å². The summed E-state index contributed by atoms with van der Waals surface area (Å²) in [5, 5.41) is 13.0. The molecular formula is C36H40N4O5. The summed E-state index contributed by atoms with van der Waals surface area (Å²) >= 11 is 0. The molecule has 1 aliphatic rings. The number of aromatic nitrogens is 1. The number of hydrogen-bond acceptors (Lipinski definition) is 7. The molecule has 0 radical (unpaired) electrons. The first-order valence-corrected chi connectivity index (χ1v) is 15.2. The zero-order chi connectivity index (χ0) is 31.9. The van der Waals surface area contributed by atoms with E-state index in [4.69, 9.17) is 9.47 Å². The van der Waals surface area contributed by atoms with E-state index < -0.39 is 6.04 Å². The van der Waals surface area contributed by atoms with Gasteiger partial charge in [-0.25, -0.2) is 0 Å². The molecule has 0 saturated carbocycles. The van der Waals surface area contributed by atoms with Crippen molar-refractivity contribution in [3.05, 3.63) is 114 Å². The zero-order valence-electron chi connectivity index (χ0n) is 26.1. The number of para-hydroxylation sites is 2. The molecule has 0 spiro atoms. The predicted molar refractivity (Wildman–Crippen MR) is 174 cm³/mol. The van der Waals surface area contributed by atoms with Gasteiger partial charge in [0.2, 0.25) is 0 Å². The Morgan fingerprint density at radius 3 is 2.40 bits per heavy atom. The molecule has 2 heterocycles. The third kappa shape index (κ3) is 7.50. The van der Waals surface area contributed by atoms with E-state index >= 15 is 0 Å². The first kappa shape index (κ1) is 31.7. The first-order valence-electron chi connectivity index (χ1n) is 15.2. The highest BCUT2D eigenvalue weighted by Gasteiger charge is 2.37. The van der Waals surface area contributed by atoms with Gasteiger partial charge in [-0.15, -0.1) is 0 Å². The van der Waals surface area contributed by atoms with Gasteiger partial charge in [0.25, 0.3) is 11.8 Å². The number of fused-ring (bicyclic) bond motifs is 1. The Labute approximate surface area is 264 Å². The van der Waals surface area contributed by atoms with Gasteiger partial charge in [0, 0.05) is 43.0 Å². The Balaban J connectivity index is 1.40. The molecule has 1 unspecified atom stereocenters. The second kappa shape index (κ2) is 14.4. The molecule has 2 amide bonds. The molecule has 45 heavy (non-hydrogen) atoms. The van der Waals surface area contributed by atoms with E-state index in [2.05, 4.69) is 41.2 Å². The van der Waals surface area contributed by atoms with Crippen LogP contribution in [0, 0.1) is 5.92 Å². The molecule has 4 atom stereocenters. The minimum absolute atomic E-state index is 0.0865. The second-order valence-corrected chi connectivity index (χ2v) is 11.6. The monoisotopic (exact) mass is 608 g/mol. The van der Waals surface area contributed by atoms with Crippen LogP contribution < -0.4 is 14.8 Å². The summed E-state index contributed by atoms with van der Waals surface area (Å²) in [7, 11) is 2.05. The Morgan fingerprint density at radius 1 is 1.02 bits per heavy atom. The van der Waals surface area contributed by atoms with Gasteiger partial charge >= 0.3 is 0 Å². The highest BCUT2D eigenvalue weighted by molar-refractivity contribution is 6.07. The van der Waals surface area contributed by atoms with Crippen molar-refractivity contribution in [1.29, 1.82) is 0 Å². The lowest BCUT2D eigenvalue weighted by molar-refractivity contribution is 0.0156. The number of carbonyl (C=O) groups is 2. The number of hydrogen-bond donors (Lipinski definition) is 2. The van der Waals surface area contributed by atoms with Crippen molar-refractivity contribution in [2.24, 2.45) is 5.92 Å². The standard InChI is InChI=1S/C36H40N4O5/c1-24-21-40(25(2)23-41)36(43)31-11-8-12-32(38-35(42)28-17-19-37-20-18-28)34(31)45-33(24)26(3)39(4)22-27-13-15-30(16-14-27)44-29-9-6-5-7-10-29/h5-20,24-26,33,41H,21-23H2,1-4H3,(H,38,42)/t24-,25+,26-,33?/m1/s1. The summed E-state index contributed by atoms with van der Waals surface area (Å²) in [6.07, 6.45) is 2.75. The van der Waals surface area contributed by atoms with E-state index in [-0.39, 0.29) is 36.5 Å². The highest BCUT2D eigenvalue weighted by Crippen LogP contribution is 2.36. The fraction of sp³-hybridized carbons (Fsp3) is 0.306. The summed E-state index contributed by atoms with van der Waals surface area (Å²) in [5.41, 5.74) is 2.29. The Morgan fingerprint density at radius 2 is 1.71 bits per heavy atom. The number of aliphatic hydroxyl groups excluding tert-OH is 1. The van der Waals surface area contributed by atoms with Gasteiger partial charge in [0.15, 0.2) is 5.75 Å². The van der Waals surface area contributed by atoms with E-state index in [0.29, 0.717) is 35.7 Å². The number of ether oxygens (including phenoxy) is 2. The summed E-state index contributed by atoms with van der Waals surface area (Å²) in [6, 6.07) is 25.6. The Bertz CT molecular complexity index is 1580. The number of anilines is 1. The van der Waals surface area contributed by atoms with Crippen LogP contribution in [-0.4, -0.2) is 70.1 Å². The summed E-state index contributed by atoms with van der Waals surface area (Å²) < 4.78 is 12.7. The van der Waals surface area contributed by atoms with Gasteiger partial charge in [-0.05, 0) is 75.0 Å². The van der Waals surface area contributed by atoms with Crippen LogP contribution in [0.2, 0.25) is 0 Å². The van der Waals surface area contributed by atoms with Gasteiger partial charge in [-0.2, -0.15) is 0 Å². The highest BCUT2D eigenvalue weighted by atomic mass is 16.5. The molecule has 4 aromatic rings. The largest absolute Gasteiger partial charge is 0.485 e. The van der Waals surface area contributed by atoms with Crippen molar-refractivity contribution in [3.8, 4) is 17.2 Å². The molecule has 0 fully saturated rings. The van der Waals surface area contributed by atoms with Crippen molar-refractivity contribution in [2.75, 3.05) is 25.5 Å². The smallest absolute Gasteiger partial charge is 0.258 e. The predicted octanol–water partition coefficient (Wildman–Crippen LogP) is 5.87. The lowest BCUT2D eigenvalue weighted by atomic mass is 9.94. The third-order valence-corrected chi connectivity index (χ3v) is 8.30. The molecule has 0 aliphatic carbocycles. The lowest BCUT2D eigenvalue weighted by Crippen LogP contribution is -2.52. The van der Waals surface area contributed by atoms with Crippen LogP contribution in [0.25, 0.3) is 0 Å². The Kier molecular flexibility index (Phi) is 10.1. The maximum atomic E-state index is 13.8. The molecule has 1 aliphatic heterocycles. The number of carbonyl (C=O) groups excluding carboxylic acids is 2. The maximum Gasteiger partial charge on any atom is 0.258 e. The normalized spacial score (nSPS) is 17.8. The molecule has 0 bridgehead atoms. The van der Waals surface area contributed by atoms with Crippen LogP contribution >= 0.6 is 0 Å². The van der Waals surface area contributed by atoms with Gasteiger partial charge in [-0.3, -0.25) is 19.5 Å². The SMILES string of the molecule is C[C@@H]1CN([C@@H](C)CO)C(=O)c2cccc(NC(=O)c3ccncc3)c2OC1[C@@H](C)N(C)Cc1ccc(Oc2ccccc2)cc1. The number of aliphatic hydroxyl groups is 1. The third-order valence-electron chi connectivity index (χ3n) is 8.30. The first-order chi connectivity index (χ1) is 21.7. The number of amides is 2. The Hall–Kier alpha value is -4.73.